The zero-order valence-corrected chi connectivity index (χ0v) is 8.61. The summed E-state index contributed by atoms with van der Waals surface area (Å²) < 4.78 is 0. The molecule has 0 bridgehead atoms. The Labute approximate surface area is 88.9 Å². The second-order valence-corrected chi connectivity index (χ2v) is 3.37. The van der Waals surface area contributed by atoms with Crippen molar-refractivity contribution in [3.63, 3.8) is 0 Å². The molecule has 1 aromatic heterocycles. The van der Waals surface area contributed by atoms with Crippen molar-refractivity contribution >= 4 is 29.6 Å². The van der Waals surface area contributed by atoms with Crippen LogP contribution in [0.1, 0.15) is 5.56 Å². The molecule has 0 radical (unpaired) electrons. The van der Waals surface area contributed by atoms with Crippen molar-refractivity contribution in [1.82, 2.24) is 4.98 Å². The Morgan fingerprint density at radius 2 is 2.14 bits per heavy atom. The molecule has 2 heteroatoms. The maximum absolute atomic E-state index is 4.30. The molecular formula is C12H11NS. The van der Waals surface area contributed by atoms with Crippen LogP contribution < -0.4 is 0 Å². The molecule has 0 fully saturated rings. The third-order valence-corrected chi connectivity index (χ3v) is 2.29. The van der Waals surface area contributed by atoms with Gasteiger partial charge in [0.2, 0.25) is 0 Å². The lowest BCUT2D eigenvalue weighted by Crippen LogP contribution is -1.80. The third-order valence-electron chi connectivity index (χ3n) is 2.08. The number of pyridine rings is 1. The fraction of sp³-hybridized carbons (Fsp3) is 0.0833. The van der Waals surface area contributed by atoms with Crippen LogP contribution in [0.3, 0.4) is 0 Å². The first-order valence-electron chi connectivity index (χ1n) is 4.53. The van der Waals surface area contributed by atoms with Gasteiger partial charge in [-0.15, -0.1) is 0 Å². The van der Waals surface area contributed by atoms with Crippen molar-refractivity contribution in [2.75, 3.05) is 5.75 Å². The smallest absolute Gasteiger partial charge is 0.0707 e. The molecule has 1 heterocycles. The van der Waals surface area contributed by atoms with Crippen molar-refractivity contribution in [3.8, 4) is 0 Å². The summed E-state index contributed by atoms with van der Waals surface area (Å²) in [6, 6.07) is 10.2. The monoisotopic (exact) mass is 201 g/mol. The van der Waals surface area contributed by atoms with Crippen molar-refractivity contribution in [1.29, 1.82) is 0 Å². The van der Waals surface area contributed by atoms with Crippen molar-refractivity contribution < 1.29 is 0 Å². The van der Waals surface area contributed by atoms with Crippen LogP contribution in [-0.2, 0) is 0 Å². The van der Waals surface area contributed by atoms with E-state index in [0.717, 1.165) is 11.3 Å². The Hall–Kier alpha value is -1.28. The van der Waals surface area contributed by atoms with Crippen LogP contribution in [0.2, 0.25) is 0 Å². The predicted molar refractivity (Wildman–Crippen MR) is 64.6 cm³/mol. The summed E-state index contributed by atoms with van der Waals surface area (Å²) in [7, 11) is 0. The highest BCUT2D eigenvalue weighted by Gasteiger charge is 1.96. The predicted octanol–water partition coefficient (Wildman–Crippen LogP) is 3.18. The average molecular weight is 201 g/mol. The van der Waals surface area contributed by atoms with Crippen LogP contribution in [0.4, 0.5) is 0 Å². The summed E-state index contributed by atoms with van der Waals surface area (Å²) in [6.45, 7) is 0. The van der Waals surface area contributed by atoms with Gasteiger partial charge >= 0.3 is 0 Å². The first kappa shape index (κ1) is 9.28. The molecule has 0 unspecified atom stereocenters. The van der Waals surface area contributed by atoms with Gasteiger partial charge in [-0.3, -0.25) is 4.98 Å². The molecule has 0 spiro atoms. The molecule has 0 amide bonds. The summed E-state index contributed by atoms with van der Waals surface area (Å²) in [5.41, 5.74) is 2.23. The van der Waals surface area contributed by atoms with E-state index in [1.54, 1.807) is 0 Å². The van der Waals surface area contributed by atoms with Crippen LogP contribution >= 0.6 is 12.6 Å². The minimum atomic E-state index is 0.761. The fourth-order valence-corrected chi connectivity index (χ4v) is 1.56. The lowest BCUT2D eigenvalue weighted by atomic mass is 10.1. The van der Waals surface area contributed by atoms with Crippen LogP contribution in [0.25, 0.3) is 17.0 Å². The molecule has 0 aliphatic heterocycles. The molecule has 0 N–H and O–H groups in total. The first-order chi connectivity index (χ1) is 6.92. The minimum Gasteiger partial charge on any atom is -0.256 e. The molecule has 1 nitrogen and oxygen atoms in total. The summed E-state index contributed by atoms with van der Waals surface area (Å²) >= 11 is 4.14. The number of nitrogens with zero attached hydrogens (tertiary/aromatic N) is 1. The van der Waals surface area contributed by atoms with Crippen LogP contribution in [0.15, 0.2) is 42.6 Å². The highest BCUT2D eigenvalue weighted by molar-refractivity contribution is 7.80. The minimum absolute atomic E-state index is 0.761. The molecule has 2 rings (SSSR count). The topological polar surface area (TPSA) is 12.9 Å². The average Bonchev–Trinajstić information content (AvgIpc) is 2.26. The van der Waals surface area contributed by atoms with E-state index in [1.165, 1.54) is 10.9 Å². The van der Waals surface area contributed by atoms with E-state index in [-0.39, 0.29) is 0 Å². The Morgan fingerprint density at radius 1 is 1.21 bits per heavy atom. The Kier molecular flexibility index (Phi) is 2.84. The molecule has 2 aromatic rings. The van der Waals surface area contributed by atoms with Crippen molar-refractivity contribution in [2.24, 2.45) is 0 Å². The number of benzene rings is 1. The Bertz CT molecular complexity index is 457. The number of aromatic nitrogens is 1. The summed E-state index contributed by atoms with van der Waals surface area (Å²) in [5.74, 6) is 0.761. The highest BCUT2D eigenvalue weighted by Crippen LogP contribution is 2.17. The largest absolute Gasteiger partial charge is 0.256 e. The quantitative estimate of drug-likeness (QED) is 0.736. The molecule has 0 aliphatic rings. The first-order valence-corrected chi connectivity index (χ1v) is 5.16. The van der Waals surface area contributed by atoms with Gasteiger partial charge in [-0.25, -0.2) is 0 Å². The van der Waals surface area contributed by atoms with Gasteiger partial charge < -0.3 is 0 Å². The normalized spacial score (nSPS) is 11.2. The summed E-state index contributed by atoms with van der Waals surface area (Å²) in [6.07, 6.45) is 5.93. The van der Waals surface area contributed by atoms with Gasteiger partial charge in [-0.1, -0.05) is 30.4 Å². The second kappa shape index (κ2) is 4.29. The maximum Gasteiger partial charge on any atom is 0.0707 e. The van der Waals surface area contributed by atoms with Gasteiger partial charge in [0.25, 0.3) is 0 Å². The van der Waals surface area contributed by atoms with Gasteiger partial charge in [0.05, 0.1) is 5.52 Å². The number of hydrogen-bond acceptors (Lipinski definition) is 2. The van der Waals surface area contributed by atoms with E-state index in [0.29, 0.717) is 0 Å². The molecular weight excluding hydrogens is 190 g/mol. The molecule has 70 valence electrons. The number of rotatable bonds is 2. The number of hydrogen-bond donors (Lipinski definition) is 1. The van der Waals surface area contributed by atoms with E-state index in [2.05, 4.69) is 35.8 Å². The second-order valence-electron chi connectivity index (χ2n) is 3.00. The molecule has 14 heavy (non-hydrogen) atoms. The zero-order valence-electron chi connectivity index (χ0n) is 7.72. The standard InChI is InChI=1S/C12H11NS/c14-9-3-5-10-4-1-7-12-11(10)6-2-8-13-12/h1-8,14H,9H2. The number of fused-ring (bicyclic) bond motifs is 1. The van der Waals surface area contributed by atoms with E-state index in [9.17, 15) is 0 Å². The van der Waals surface area contributed by atoms with Gasteiger partial charge in [0.15, 0.2) is 0 Å². The van der Waals surface area contributed by atoms with Gasteiger partial charge in [-0.2, -0.15) is 12.6 Å². The van der Waals surface area contributed by atoms with E-state index >= 15 is 0 Å². The molecule has 0 saturated carbocycles. The highest BCUT2D eigenvalue weighted by atomic mass is 32.1. The van der Waals surface area contributed by atoms with Crippen LogP contribution in [0.5, 0.6) is 0 Å². The number of thiol groups is 1. The summed E-state index contributed by atoms with van der Waals surface area (Å²) in [5, 5.41) is 1.19. The molecule has 1 aromatic carbocycles. The van der Waals surface area contributed by atoms with Gasteiger partial charge in [0.1, 0.15) is 0 Å². The Balaban J connectivity index is 2.59. The van der Waals surface area contributed by atoms with Crippen LogP contribution in [0, 0.1) is 0 Å². The Morgan fingerprint density at radius 3 is 3.00 bits per heavy atom. The zero-order chi connectivity index (χ0) is 9.80. The molecule has 0 saturated heterocycles. The van der Waals surface area contributed by atoms with Crippen molar-refractivity contribution in [2.45, 2.75) is 0 Å². The van der Waals surface area contributed by atoms with Crippen molar-refractivity contribution in [3.05, 3.63) is 48.2 Å². The lowest BCUT2D eigenvalue weighted by Gasteiger charge is -1.99. The molecule has 0 aliphatic carbocycles. The van der Waals surface area contributed by atoms with E-state index in [1.807, 2.05) is 30.5 Å². The lowest BCUT2D eigenvalue weighted by molar-refractivity contribution is 1.41. The van der Waals surface area contributed by atoms with Gasteiger partial charge in [-0.05, 0) is 17.7 Å². The fourth-order valence-electron chi connectivity index (χ4n) is 1.45. The maximum atomic E-state index is 4.30. The summed E-state index contributed by atoms with van der Waals surface area (Å²) in [4.78, 5) is 4.30. The van der Waals surface area contributed by atoms with Crippen LogP contribution in [-0.4, -0.2) is 10.7 Å². The van der Waals surface area contributed by atoms with E-state index < -0.39 is 0 Å². The SMILES string of the molecule is SCC=Cc1cccc2ncccc12. The third kappa shape index (κ3) is 1.80. The van der Waals surface area contributed by atoms with Gasteiger partial charge in [0, 0.05) is 17.3 Å². The molecule has 0 atom stereocenters. The van der Waals surface area contributed by atoms with E-state index in [4.69, 9.17) is 0 Å².